The fourth-order valence-corrected chi connectivity index (χ4v) is 5.05. The van der Waals surface area contributed by atoms with Crippen LogP contribution >= 0.6 is 27.3 Å². The van der Waals surface area contributed by atoms with Crippen molar-refractivity contribution in [2.75, 3.05) is 0 Å². The first-order valence-corrected chi connectivity index (χ1v) is 11.5. The fraction of sp³-hybridized carbons (Fsp3) is 0.130. The van der Waals surface area contributed by atoms with Crippen molar-refractivity contribution in [3.8, 4) is 22.9 Å². The lowest BCUT2D eigenvalue weighted by atomic mass is 10.1. The molecule has 0 saturated carbocycles. The van der Waals surface area contributed by atoms with E-state index in [1.54, 1.807) is 18.4 Å². The number of rotatable bonds is 5. The van der Waals surface area contributed by atoms with Gasteiger partial charge in [-0.05, 0) is 52.3 Å². The van der Waals surface area contributed by atoms with E-state index in [1.807, 2.05) is 19.1 Å². The molecule has 5 aromatic rings. The van der Waals surface area contributed by atoms with E-state index < -0.39 is 23.2 Å². The Kier molecular flexibility index (Phi) is 5.49. The van der Waals surface area contributed by atoms with Gasteiger partial charge in [-0.2, -0.15) is 5.10 Å². The number of ether oxygens (including phenoxy) is 1. The summed E-state index contributed by atoms with van der Waals surface area (Å²) in [5.74, 6) is -2.05. The third-order valence-corrected chi connectivity index (χ3v) is 7.10. The molecule has 0 fully saturated rings. The van der Waals surface area contributed by atoms with E-state index in [0.717, 1.165) is 14.7 Å². The Bertz CT molecular complexity index is 1490. The maximum atomic E-state index is 14.8. The molecule has 5 rings (SSSR count). The molecule has 33 heavy (non-hydrogen) atoms. The molecular weight excluding hydrogens is 517 g/mol. The highest BCUT2D eigenvalue weighted by Gasteiger charge is 2.22. The summed E-state index contributed by atoms with van der Waals surface area (Å²) in [5.41, 5.74) is 0.424. The third kappa shape index (κ3) is 3.93. The van der Waals surface area contributed by atoms with Gasteiger partial charge in [0.25, 0.3) is 0 Å². The Morgan fingerprint density at radius 3 is 2.67 bits per heavy atom. The van der Waals surface area contributed by atoms with E-state index in [1.165, 1.54) is 35.1 Å². The van der Waals surface area contributed by atoms with Crippen molar-refractivity contribution >= 4 is 38.2 Å². The zero-order valence-corrected chi connectivity index (χ0v) is 19.8. The van der Waals surface area contributed by atoms with Crippen LogP contribution in [0, 0.1) is 17.5 Å². The second kappa shape index (κ2) is 8.35. The van der Waals surface area contributed by atoms with Crippen LogP contribution in [-0.2, 0) is 7.05 Å². The lowest BCUT2D eigenvalue weighted by Gasteiger charge is -2.10. The summed E-state index contributed by atoms with van der Waals surface area (Å²) in [5, 5.41) is 4.65. The number of aromatic nitrogens is 4. The minimum atomic E-state index is -0.870. The summed E-state index contributed by atoms with van der Waals surface area (Å²) in [6.45, 7) is 1.97. The molecule has 3 heterocycles. The highest BCUT2D eigenvalue weighted by atomic mass is 79.9. The molecule has 0 aliphatic rings. The molecule has 0 aliphatic carbocycles. The molecule has 3 aromatic heterocycles. The Morgan fingerprint density at radius 1 is 1.09 bits per heavy atom. The van der Waals surface area contributed by atoms with Crippen molar-refractivity contribution in [3.05, 3.63) is 80.6 Å². The number of halogens is 4. The second-order valence-electron chi connectivity index (χ2n) is 7.46. The zero-order chi connectivity index (χ0) is 23.3. The van der Waals surface area contributed by atoms with Gasteiger partial charge in [-0.3, -0.25) is 0 Å². The molecule has 0 aliphatic heterocycles. The number of nitrogens with zero attached hydrogens (tertiary/aromatic N) is 3. The predicted molar refractivity (Wildman–Crippen MR) is 124 cm³/mol. The number of H-pyrrole nitrogens is 1. The lowest BCUT2D eigenvalue weighted by Crippen LogP contribution is -1.99. The monoisotopic (exact) mass is 532 g/mol. The molecule has 5 nitrogen and oxygen atoms in total. The summed E-state index contributed by atoms with van der Waals surface area (Å²) in [6.07, 6.45) is 1.51. The van der Waals surface area contributed by atoms with Crippen LogP contribution in [0.3, 0.4) is 0 Å². The first kappa shape index (κ1) is 21.7. The van der Waals surface area contributed by atoms with Crippen LogP contribution < -0.4 is 4.74 Å². The number of benzene rings is 2. The second-order valence-corrected chi connectivity index (χ2v) is 9.96. The first-order valence-electron chi connectivity index (χ1n) is 9.91. The molecule has 1 unspecified atom stereocenters. The van der Waals surface area contributed by atoms with Crippen molar-refractivity contribution in [2.45, 2.75) is 12.8 Å². The fourth-order valence-electron chi connectivity index (χ4n) is 3.57. The van der Waals surface area contributed by atoms with Crippen molar-refractivity contribution in [1.82, 2.24) is 19.7 Å². The number of thiophene rings is 1. The number of aryl methyl sites for hydroxylation is 1. The average Bonchev–Trinajstić information content (AvgIpc) is 3.52. The van der Waals surface area contributed by atoms with Gasteiger partial charge < -0.3 is 9.72 Å². The molecule has 1 N–H and O–H groups in total. The highest BCUT2D eigenvalue weighted by Crippen LogP contribution is 2.36. The first-order chi connectivity index (χ1) is 15.8. The maximum absolute atomic E-state index is 14.8. The molecule has 0 bridgehead atoms. The molecule has 2 aromatic carbocycles. The molecule has 168 valence electrons. The number of fused-ring (bicyclic) bond motifs is 1. The van der Waals surface area contributed by atoms with Crippen molar-refractivity contribution < 1.29 is 17.9 Å². The summed E-state index contributed by atoms with van der Waals surface area (Å²) >= 11 is 5.02. The van der Waals surface area contributed by atoms with Gasteiger partial charge >= 0.3 is 0 Å². The standard InChI is InChI=1S/C23H16BrF3N4OS/c1-11(18-5-6-19(24)33-18)22-29-23(31(2)30-22)14-9-12(3-4-15(14)25)32-21-16(26)10-17-13(20(21)27)7-8-28-17/h3-11,28H,1-2H3. The zero-order valence-electron chi connectivity index (χ0n) is 17.4. The van der Waals surface area contributed by atoms with Crippen LogP contribution in [0.2, 0.25) is 0 Å². The van der Waals surface area contributed by atoms with Crippen LogP contribution in [0.15, 0.2) is 52.4 Å². The Hall–Kier alpha value is -3.11. The van der Waals surface area contributed by atoms with Gasteiger partial charge in [0.05, 0.1) is 20.8 Å². The minimum absolute atomic E-state index is 0.0684. The van der Waals surface area contributed by atoms with E-state index in [-0.39, 0.29) is 28.4 Å². The van der Waals surface area contributed by atoms with Crippen molar-refractivity contribution in [2.24, 2.45) is 7.05 Å². The van der Waals surface area contributed by atoms with Crippen LogP contribution in [-0.4, -0.2) is 19.7 Å². The SMILES string of the molecule is CC(c1nc(-c2cc(Oc3c(F)cc4[nH]ccc4c3F)ccc2F)n(C)n1)c1ccc(Br)s1. The van der Waals surface area contributed by atoms with Gasteiger partial charge in [0.2, 0.25) is 0 Å². The number of hydrogen-bond acceptors (Lipinski definition) is 4. The number of nitrogens with one attached hydrogen (secondary N) is 1. The molecule has 1 atom stereocenters. The van der Waals surface area contributed by atoms with E-state index >= 15 is 0 Å². The highest BCUT2D eigenvalue weighted by molar-refractivity contribution is 9.11. The van der Waals surface area contributed by atoms with E-state index in [4.69, 9.17) is 4.74 Å². The van der Waals surface area contributed by atoms with Gasteiger partial charge in [-0.25, -0.2) is 22.8 Å². The van der Waals surface area contributed by atoms with Gasteiger partial charge in [-0.15, -0.1) is 11.3 Å². The van der Waals surface area contributed by atoms with Crippen LogP contribution in [0.4, 0.5) is 13.2 Å². The van der Waals surface area contributed by atoms with E-state index in [0.29, 0.717) is 11.3 Å². The Balaban J connectivity index is 1.51. The Labute approximate surface area is 199 Å². The average molecular weight is 533 g/mol. The maximum Gasteiger partial charge on any atom is 0.199 e. The lowest BCUT2D eigenvalue weighted by molar-refractivity contribution is 0.410. The van der Waals surface area contributed by atoms with Gasteiger partial charge in [-0.1, -0.05) is 6.92 Å². The number of hydrogen-bond donors (Lipinski definition) is 1. The van der Waals surface area contributed by atoms with E-state index in [2.05, 4.69) is 31.0 Å². The van der Waals surface area contributed by atoms with E-state index in [9.17, 15) is 13.2 Å². The number of aromatic amines is 1. The quantitative estimate of drug-likeness (QED) is 0.261. The smallest absolute Gasteiger partial charge is 0.199 e. The third-order valence-electron chi connectivity index (χ3n) is 5.29. The summed E-state index contributed by atoms with van der Waals surface area (Å²) in [7, 11) is 1.66. The van der Waals surface area contributed by atoms with Gasteiger partial charge in [0.15, 0.2) is 29.0 Å². The Morgan fingerprint density at radius 2 is 1.91 bits per heavy atom. The van der Waals surface area contributed by atoms with Crippen LogP contribution in [0.25, 0.3) is 22.3 Å². The molecule has 0 radical (unpaired) electrons. The largest absolute Gasteiger partial charge is 0.451 e. The molecular formula is C23H16BrF3N4OS. The van der Waals surface area contributed by atoms with Crippen LogP contribution in [0.1, 0.15) is 23.5 Å². The topological polar surface area (TPSA) is 55.7 Å². The molecule has 0 saturated heterocycles. The van der Waals surface area contributed by atoms with Gasteiger partial charge in [0, 0.05) is 29.6 Å². The molecule has 10 heteroatoms. The summed E-state index contributed by atoms with van der Waals surface area (Å²) < 4.78 is 52.0. The molecule has 0 spiro atoms. The summed E-state index contributed by atoms with van der Waals surface area (Å²) in [4.78, 5) is 8.35. The summed E-state index contributed by atoms with van der Waals surface area (Å²) in [6, 6.07) is 10.4. The van der Waals surface area contributed by atoms with Crippen LogP contribution in [0.5, 0.6) is 11.5 Å². The predicted octanol–water partition coefficient (Wildman–Crippen LogP) is 7.15. The van der Waals surface area contributed by atoms with Gasteiger partial charge in [0.1, 0.15) is 11.6 Å². The molecule has 0 amide bonds. The normalized spacial score (nSPS) is 12.4. The van der Waals surface area contributed by atoms with Crippen molar-refractivity contribution in [1.29, 1.82) is 0 Å². The minimum Gasteiger partial charge on any atom is -0.451 e. The van der Waals surface area contributed by atoms with Crippen molar-refractivity contribution in [3.63, 3.8) is 0 Å².